The maximum atomic E-state index is 12.3. The SMILES string of the molecule is CN(C)C(=O)[C@@H](NC(=O)OCC1C=CC=CC1)c1ccccc1. The molecule has 1 aromatic carbocycles. The standard InChI is InChI=1S/C18H22N2O3/c1-20(2)17(21)16(15-11-7-4-8-12-15)19-18(22)23-13-14-9-5-3-6-10-14/h3-9,11-12,14,16H,10,13H2,1-2H3,(H,19,22)/t14?,16-/m0/s1. The van der Waals surface area contributed by atoms with Crippen molar-refractivity contribution < 1.29 is 14.3 Å². The third kappa shape index (κ3) is 4.98. The normalized spacial score (nSPS) is 17.4. The summed E-state index contributed by atoms with van der Waals surface area (Å²) in [5.74, 6) is -0.0147. The van der Waals surface area contributed by atoms with Crippen molar-refractivity contribution in [2.75, 3.05) is 20.7 Å². The van der Waals surface area contributed by atoms with Gasteiger partial charge in [-0.3, -0.25) is 4.79 Å². The van der Waals surface area contributed by atoms with Crippen LogP contribution in [0.2, 0.25) is 0 Å². The van der Waals surface area contributed by atoms with E-state index in [2.05, 4.69) is 5.32 Å². The fourth-order valence-electron chi connectivity index (χ4n) is 2.29. The summed E-state index contributed by atoms with van der Waals surface area (Å²) >= 11 is 0. The van der Waals surface area contributed by atoms with Gasteiger partial charge in [-0.15, -0.1) is 0 Å². The quantitative estimate of drug-likeness (QED) is 0.909. The molecule has 0 fully saturated rings. The third-order valence-electron chi connectivity index (χ3n) is 3.58. The summed E-state index contributed by atoms with van der Waals surface area (Å²) < 4.78 is 5.26. The highest BCUT2D eigenvalue weighted by Gasteiger charge is 2.25. The number of rotatable bonds is 5. The molecule has 2 amide bonds. The van der Waals surface area contributed by atoms with Crippen LogP contribution in [0, 0.1) is 5.92 Å². The first-order valence-electron chi connectivity index (χ1n) is 7.60. The van der Waals surface area contributed by atoms with E-state index in [4.69, 9.17) is 4.74 Å². The van der Waals surface area contributed by atoms with Gasteiger partial charge >= 0.3 is 6.09 Å². The molecular weight excluding hydrogens is 292 g/mol. The molecule has 0 radical (unpaired) electrons. The molecule has 0 bridgehead atoms. The molecule has 0 saturated carbocycles. The first-order valence-corrected chi connectivity index (χ1v) is 7.60. The van der Waals surface area contributed by atoms with Crippen molar-refractivity contribution in [1.29, 1.82) is 0 Å². The minimum Gasteiger partial charge on any atom is -0.449 e. The highest BCUT2D eigenvalue weighted by molar-refractivity contribution is 5.86. The maximum absolute atomic E-state index is 12.3. The number of carbonyl (C=O) groups is 2. The molecule has 2 atom stereocenters. The number of carbonyl (C=O) groups excluding carboxylic acids is 2. The summed E-state index contributed by atoms with van der Waals surface area (Å²) in [6, 6.07) is 8.39. The molecule has 122 valence electrons. The second-order valence-corrected chi connectivity index (χ2v) is 5.63. The molecule has 0 heterocycles. The molecule has 23 heavy (non-hydrogen) atoms. The number of hydrogen-bond acceptors (Lipinski definition) is 3. The van der Waals surface area contributed by atoms with Crippen molar-refractivity contribution in [2.45, 2.75) is 12.5 Å². The Balaban J connectivity index is 1.97. The summed E-state index contributed by atoms with van der Waals surface area (Å²) in [6.45, 7) is 0.296. The lowest BCUT2D eigenvalue weighted by atomic mass is 10.0. The highest BCUT2D eigenvalue weighted by Crippen LogP contribution is 2.16. The van der Waals surface area contributed by atoms with Crippen molar-refractivity contribution in [3.63, 3.8) is 0 Å². The Kier molecular flexibility index (Phi) is 5.97. The third-order valence-corrected chi connectivity index (χ3v) is 3.58. The second kappa shape index (κ2) is 8.17. The topological polar surface area (TPSA) is 58.6 Å². The van der Waals surface area contributed by atoms with Gasteiger partial charge in [0.15, 0.2) is 0 Å². The van der Waals surface area contributed by atoms with E-state index in [9.17, 15) is 9.59 Å². The monoisotopic (exact) mass is 314 g/mol. The van der Waals surface area contributed by atoms with Crippen LogP contribution in [0.1, 0.15) is 18.0 Å². The molecule has 0 spiro atoms. The molecule has 1 aliphatic carbocycles. The lowest BCUT2D eigenvalue weighted by Gasteiger charge is -2.22. The first-order chi connectivity index (χ1) is 11.1. The van der Waals surface area contributed by atoms with Crippen LogP contribution in [-0.2, 0) is 9.53 Å². The number of nitrogens with zero attached hydrogens (tertiary/aromatic N) is 1. The largest absolute Gasteiger partial charge is 0.449 e. The summed E-state index contributed by atoms with van der Waals surface area (Å²) in [7, 11) is 3.31. The van der Waals surface area contributed by atoms with E-state index < -0.39 is 12.1 Å². The predicted molar refractivity (Wildman–Crippen MR) is 88.7 cm³/mol. The van der Waals surface area contributed by atoms with Crippen molar-refractivity contribution >= 4 is 12.0 Å². The Bertz CT molecular complexity index is 594. The second-order valence-electron chi connectivity index (χ2n) is 5.63. The van der Waals surface area contributed by atoms with E-state index in [1.807, 2.05) is 42.5 Å². The van der Waals surface area contributed by atoms with Gasteiger partial charge in [-0.2, -0.15) is 0 Å². The zero-order valence-corrected chi connectivity index (χ0v) is 13.4. The van der Waals surface area contributed by atoms with Crippen LogP contribution in [-0.4, -0.2) is 37.6 Å². The van der Waals surface area contributed by atoms with Crippen LogP contribution >= 0.6 is 0 Å². The van der Waals surface area contributed by atoms with E-state index in [0.29, 0.717) is 6.61 Å². The number of allylic oxidation sites excluding steroid dienone is 3. The number of likely N-dealkylation sites (N-methyl/N-ethyl adjacent to an activating group) is 1. The van der Waals surface area contributed by atoms with Crippen LogP contribution in [0.5, 0.6) is 0 Å². The molecule has 1 aromatic rings. The number of amides is 2. The molecule has 1 aliphatic rings. The minimum absolute atomic E-state index is 0.186. The first kappa shape index (κ1) is 16.8. The van der Waals surface area contributed by atoms with Gasteiger partial charge in [0.1, 0.15) is 6.04 Å². The van der Waals surface area contributed by atoms with Gasteiger partial charge in [-0.1, -0.05) is 54.6 Å². The van der Waals surface area contributed by atoms with Gasteiger partial charge in [0.2, 0.25) is 5.91 Å². The van der Waals surface area contributed by atoms with Crippen LogP contribution in [0.15, 0.2) is 54.6 Å². The van der Waals surface area contributed by atoms with Crippen LogP contribution in [0.4, 0.5) is 4.79 Å². The number of hydrogen-bond donors (Lipinski definition) is 1. The Labute approximate surface area is 136 Å². The zero-order valence-electron chi connectivity index (χ0n) is 13.4. The maximum Gasteiger partial charge on any atom is 0.408 e. The Morgan fingerprint density at radius 2 is 2.00 bits per heavy atom. The molecule has 5 heteroatoms. The van der Waals surface area contributed by atoms with Crippen molar-refractivity contribution in [3.8, 4) is 0 Å². The number of ether oxygens (including phenoxy) is 1. The Hall–Kier alpha value is -2.56. The zero-order chi connectivity index (χ0) is 16.7. The van der Waals surface area contributed by atoms with Crippen molar-refractivity contribution in [3.05, 3.63) is 60.2 Å². The van der Waals surface area contributed by atoms with E-state index in [0.717, 1.165) is 12.0 Å². The summed E-state index contributed by atoms with van der Waals surface area (Å²) in [6.07, 6.45) is 8.22. The molecular formula is C18H22N2O3. The summed E-state index contributed by atoms with van der Waals surface area (Å²) in [4.78, 5) is 25.8. The van der Waals surface area contributed by atoms with E-state index in [1.165, 1.54) is 4.90 Å². The van der Waals surface area contributed by atoms with Gasteiger partial charge in [-0.05, 0) is 12.0 Å². The molecule has 0 saturated heterocycles. The van der Waals surface area contributed by atoms with Crippen LogP contribution in [0.3, 0.4) is 0 Å². The van der Waals surface area contributed by atoms with Gasteiger partial charge < -0.3 is 15.0 Å². The summed E-state index contributed by atoms with van der Waals surface area (Å²) in [5.41, 5.74) is 0.726. The summed E-state index contributed by atoms with van der Waals surface area (Å²) in [5, 5.41) is 2.66. The van der Waals surface area contributed by atoms with Crippen molar-refractivity contribution in [2.24, 2.45) is 5.92 Å². The number of nitrogens with one attached hydrogen (secondary N) is 1. The van der Waals surface area contributed by atoms with Crippen LogP contribution < -0.4 is 5.32 Å². The van der Waals surface area contributed by atoms with Gasteiger partial charge in [0.25, 0.3) is 0 Å². The fourth-order valence-corrected chi connectivity index (χ4v) is 2.29. The smallest absolute Gasteiger partial charge is 0.408 e. The van der Waals surface area contributed by atoms with E-state index >= 15 is 0 Å². The molecule has 0 aliphatic heterocycles. The lowest BCUT2D eigenvalue weighted by Crippen LogP contribution is -2.40. The van der Waals surface area contributed by atoms with E-state index in [-0.39, 0.29) is 11.8 Å². The number of alkyl carbamates (subject to hydrolysis) is 1. The molecule has 2 rings (SSSR count). The van der Waals surface area contributed by atoms with Gasteiger partial charge in [0.05, 0.1) is 6.61 Å². The van der Waals surface area contributed by atoms with Crippen molar-refractivity contribution in [1.82, 2.24) is 10.2 Å². The predicted octanol–water partition coefficient (Wildman–Crippen LogP) is 2.67. The average Bonchev–Trinajstić information content (AvgIpc) is 2.59. The lowest BCUT2D eigenvalue weighted by molar-refractivity contribution is -0.131. The molecule has 0 aromatic heterocycles. The van der Waals surface area contributed by atoms with Gasteiger partial charge in [-0.25, -0.2) is 4.79 Å². The van der Waals surface area contributed by atoms with Gasteiger partial charge in [0, 0.05) is 20.0 Å². The minimum atomic E-state index is -0.750. The molecule has 5 nitrogen and oxygen atoms in total. The Morgan fingerprint density at radius 1 is 1.26 bits per heavy atom. The van der Waals surface area contributed by atoms with Crippen LogP contribution in [0.25, 0.3) is 0 Å². The molecule has 1 unspecified atom stereocenters. The van der Waals surface area contributed by atoms with E-state index in [1.54, 1.807) is 26.2 Å². The fraction of sp³-hybridized carbons (Fsp3) is 0.333. The number of benzene rings is 1. The highest BCUT2D eigenvalue weighted by atomic mass is 16.5. The molecule has 1 N–H and O–H groups in total. The average molecular weight is 314 g/mol. The Morgan fingerprint density at radius 3 is 2.61 bits per heavy atom.